The van der Waals surface area contributed by atoms with E-state index in [-0.39, 0.29) is 44.6 Å². The van der Waals surface area contributed by atoms with Crippen molar-refractivity contribution in [3.8, 4) is 5.69 Å². The summed E-state index contributed by atoms with van der Waals surface area (Å²) in [6, 6.07) is 1.72. The van der Waals surface area contributed by atoms with Gasteiger partial charge in [0.05, 0.1) is 23.0 Å². The fraction of sp³-hybridized carbons (Fsp3) is 0.333. The Labute approximate surface area is 181 Å². The predicted molar refractivity (Wildman–Crippen MR) is 104 cm³/mol. The quantitative estimate of drug-likeness (QED) is 0.408. The summed E-state index contributed by atoms with van der Waals surface area (Å²) < 4.78 is 58.3. The molecule has 0 aliphatic carbocycles. The van der Waals surface area contributed by atoms with Crippen LogP contribution in [-0.4, -0.2) is 33.1 Å². The van der Waals surface area contributed by atoms with Crippen LogP contribution in [0, 0.1) is 5.82 Å². The van der Waals surface area contributed by atoms with Crippen molar-refractivity contribution in [1.82, 2.24) is 9.24 Å². The lowest BCUT2D eigenvalue weighted by Gasteiger charge is -2.18. The molecule has 14 heteroatoms. The van der Waals surface area contributed by atoms with E-state index >= 15 is 0 Å². The second-order valence-electron chi connectivity index (χ2n) is 6.89. The molecule has 1 aromatic carbocycles. The first-order valence-corrected chi connectivity index (χ1v) is 9.31. The molecule has 32 heavy (non-hydrogen) atoms. The Morgan fingerprint density at radius 3 is 2.59 bits per heavy atom. The number of nitrogens with two attached hydrogens (primary N) is 1. The van der Waals surface area contributed by atoms with Gasteiger partial charge >= 0.3 is 17.8 Å². The zero-order valence-electron chi connectivity index (χ0n) is 16.5. The van der Waals surface area contributed by atoms with Gasteiger partial charge in [-0.3, -0.25) is 4.79 Å². The van der Waals surface area contributed by atoms with Crippen LogP contribution in [0.25, 0.3) is 5.69 Å². The van der Waals surface area contributed by atoms with Gasteiger partial charge in [0.25, 0.3) is 5.56 Å². The molecule has 0 fully saturated rings. The molecular formula is C18H15ClF4N4O5. The van der Waals surface area contributed by atoms with Crippen molar-refractivity contribution < 1.29 is 31.9 Å². The van der Waals surface area contributed by atoms with Crippen molar-refractivity contribution in [1.29, 1.82) is 0 Å². The number of hydrogen-bond acceptors (Lipinski definition) is 7. The third-order valence-corrected chi connectivity index (χ3v) is 4.90. The SMILES string of the molecule is CCOC(=O)C1(C)CC(c2cc(-n3c(=O)cc(C(F)(F)F)n(N)c3=O)c(F)cc2Cl)=NO1. The molecular weight excluding hydrogens is 464 g/mol. The van der Waals surface area contributed by atoms with Crippen LogP contribution in [0.5, 0.6) is 0 Å². The van der Waals surface area contributed by atoms with Gasteiger partial charge in [-0.1, -0.05) is 16.8 Å². The van der Waals surface area contributed by atoms with Crippen LogP contribution in [0.2, 0.25) is 5.02 Å². The van der Waals surface area contributed by atoms with Crippen LogP contribution < -0.4 is 17.1 Å². The maximum absolute atomic E-state index is 14.6. The number of hydrogen-bond donors (Lipinski definition) is 1. The number of rotatable bonds is 4. The van der Waals surface area contributed by atoms with E-state index in [1.54, 1.807) is 6.92 Å². The minimum atomic E-state index is -5.09. The molecule has 1 aliphatic heterocycles. The Hall–Kier alpha value is -3.35. The number of carbonyl (C=O) groups is 1. The third kappa shape index (κ3) is 3.95. The zero-order valence-corrected chi connectivity index (χ0v) is 17.3. The molecule has 0 saturated heterocycles. The standard InChI is InChI=1S/C18H15ClF4N4O5/c1-3-31-15(29)17(2)7-11(25-32-17)8-4-12(10(20)5-9(8)19)26-14(28)6-13(18(21,22)23)27(24)16(26)30/h4-6H,3,7,24H2,1-2H3. The van der Waals surface area contributed by atoms with Crippen LogP contribution in [0.3, 0.4) is 0 Å². The molecule has 0 bridgehead atoms. The molecule has 0 saturated carbocycles. The van der Waals surface area contributed by atoms with Crippen molar-refractivity contribution in [2.45, 2.75) is 32.0 Å². The summed E-state index contributed by atoms with van der Waals surface area (Å²) in [5.41, 5.74) is -7.02. The van der Waals surface area contributed by atoms with Crippen LogP contribution in [0.15, 0.2) is 32.9 Å². The molecule has 1 aliphatic rings. The number of esters is 1. The maximum Gasteiger partial charge on any atom is 0.433 e. The number of benzene rings is 1. The molecule has 3 rings (SSSR count). The number of oxime groups is 1. The third-order valence-electron chi connectivity index (χ3n) is 4.59. The van der Waals surface area contributed by atoms with E-state index in [1.807, 2.05) is 0 Å². The van der Waals surface area contributed by atoms with Crippen molar-refractivity contribution in [3.05, 3.63) is 61.1 Å². The molecule has 1 unspecified atom stereocenters. The van der Waals surface area contributed by atoms with E-state index in [0.29, 0.717) is 0 Å². The number of nitrogen functional groups attached to an aromatic ring is 1. The molecule has 2 N–H and O–H groups in total. The highest BCUT2D eigenvalue weighted by Crippen LogP contribution is 2.32. The van der Waals surface area contributed by atoms with Gasteiger partial charge in [-0.2, -0.15) is 13.2 Å². The highest BCUT2D eigenvalue weighted by atomic mass is 35.5. The summed E-state index contributed by atoms with van der Waals surface area (Å²) in [4.78, 5) is 41.9. The van der Waals surface area contributed by atoms with Crippen LogP contribution in [-0.2, 0) is 20.5 Å². The van der Waals surface area contributed by atoms with Crippen molar-refractivity contribution >= 4 is 23.3 Å². The van der Waals surface area contributed by atoms with Gasteiger partial charge in [0, 0.05) is 18.1 Å². The lowest BCUT2D eigenvalue weighted by Crippen LogP contribution is -2.45. The second kappa shape index (κ2) is 7.97. The first kappa shape index (κ1) is 23.3. The number of ether oxygens (including phenoxy) is 1. The highest BCUT2D eigenvalue weighted by molar-refractivity contribution is 6.34. The summed E-state index contributed by atoms with van der Waals surface area (Å²) in [6.45, 7) is 3.07. The zero-order chi connectivity index (χ0) is 24.0. The van der Waals surface area contributed by atoms with Crippen molar-refractivity contribution in [2.75, 3.05) is 12.4 Å². The van der Waals surface area contributed by atoms with Gasteiger partial charge in [-0.25, -0.2) is 23.2 Å². The van der Waals surface area contributed by atoms with Gasteiger partial charge in [0.1, 0.15) is 5.82 Å². The largest absolute Gasteiger partial charge is 0.463 e. The first-order chi connectivity index (χ1) is 14.8. The van der Waals surface area contributed by atoms with Crippen LogP contribution in [0.4, 0.5) is 17.6 Å². The summed E-state index contributed by atoms with van der Waals surface area (Å²) >= 11 is 6.06. The molecule has 1 aromatic heterocycles. The maximum atomic E-state index is 14.6. The monoisotopic (exact) mass is 478 g/mol. The Balaban J connectivity index is 2.13. The minimum absolute atomic E-state index is 0.0224. The summed E-state index contributed by atoms with van der Waals surface area (Å²) in [6.07, 6.45) is -5.25. The van der Waals surface area contributed by atoms with Gasteiger partial charge in [-0.05, 0) is 26.0 Å². The van der Waals surface area contributed by atoms with Crippen LogP contribution >= 0.6 is 11.6 Å². The first-order valence-electron chi connectivity index (χ1n) is 8.93. The van der Waals surface area contributed by atoms with Gasteiger partial charge in [-0.15, -0.1) is 0 Å². The smallest absolute Gasteiger partial charge is 0.433 e. The summed E-state index contributed by atoms with van der Waals surface area (Å²) in [7, 11) is 0. The van der Waals surface area contributed by atoms with E-state index in [0.717, 1.165) is 12.1 Å². The highest BCUT2D eigenvalue weighted by Gasteiger charge is 2.44. The lowest BCUT2D eigenvalue weighted by atomic mass is 9.95. The van der Waals surface area contributed by atoms with Crippen molar-refractivity contribution in [3.63, 3.8) is 0 Å². The molecule has 2 heterocycles. The minimum Gasteiger partial charge on any atom is -0.463 e. The molecule has 1 atom stereocenters. The Morgan fingerprint density at radius 1 is 1.34 bits per heavy atom. The normalized spacial score (nSPS) is 18.3. The van der Waals surface area contributed by atoms with E-state index in [9.17, 15) is 31.9 Å². The molecule has 0 radical (unpaired) electrons. The van der Waals surface area contributed by atoms with Crippen LogP contribution in [0.1, 0.15) is 31.5 Å². The Kier molecular flexibility index (Phi) is 5.80. The van der Waals surface area contributed by atoms with Crippen molar-refractivity contribution in [2.24, 2.45) is 5.16 Å². The average Bonchev–Trinajstić information content (AvgIpc) is 3.09. The number of halogens is 5. The Bertz CT molecular complexity index is 1250. The van der Waals surface area contributed by atoms with E-state index in [1.165, 1.54) is 6.92 Å². The number of nitrogens with zero attached hydrogens (tertiary/aromatic N) is 3. The summed E-state index contributed by atoms with van der Waals surface area (Å²) in [5.74, 6) is 3.28. The summed E-state index contributed by atoms with van der Waals surface area (Å²) in [5, 5.41) is 3.55. The number of carbonyl (C=O) groups excluding carboxylic acids is 1. The number of alkyl halides is 3. The topological polar surface area (TPSA) is 118 Å². The van der Waals surface area contributed by atoms with Gasteiger partial charge < -0.3 is 15.4 Å². The fourth-order valence-electron chi connectivity index (χ4n) is 3.00. The lowest BCUT2D eigenvalue weighted by molar-refractivity contribution is -0.166. The molecule has 172 valence electrons. The Morgan fingerprint density at radius 2 is 2.00 bits per heavy atom. The molecule has 0 amide bonds. The van der Waals surface area contributed by atoms with E-state index in [2.05, 4.69) is 5.16 Å². The fourth-order valence-corrected chi connectivity index (χ4v) is 3.26. The average molecular weight is 479 g/mol. The number of aromatic nitrogens is 2. The van der Waals surface area contributed by atoms with Gasteiger partial charge in [0.2, 0.25) is 5.60 Å². The molecule has 2 aromatic rings. The molecule has 0 spiro atoms. The van der Waals surface area contributed by atoms with Gasteiger partial charge in [0.15, 0.2) is 5.69 Å². The molecule has 9 nitrogen and oxygen atoms in total. The second-order valence-corrected chi connectivity index (χ2v) is 7.30. The van der Waals surface area contributed by atoms with E-state index < -0.39 is 46.2 Å². The predicted octanol–water partition coefficient (Wildman–Crippen LogP) is 1.97. The van der Waals surface area contributed by atoms with E-state index in [4.69, 9.17) is 27.0 Å².